The van der Waals surface area contributed by atoms with E-state index in [0.29, 0.717) is 13.0 Å². The molecule has 1 unspecified atom stereocenters. The number of primary amides is 1. The number of hydrogen-bond acceptors (Lipinski definition) is 3. The summed E-state index contributed by atoms with van der Waals surface area (Å²) in [5.74, 6) is 0.588. The van der Waals surface area contributed by atoms with Crippen molar-refractivity contribution in [1.82, 2.24) is 5.32 Å². The quantitative estimate of drug-likeness (QED) is 0.777. The Kier molecular flexibility index (Phi) is 5.51. The first kappa shape index (κ1) is 14.1. The minimum Gasteiger partial charge on any atom is -0.368 e. The third-order valence-corrected chi connectivity index (χ3v) is 3.46. The Balaban J connectivity index is 3.10. The highest BCUT2D eigenvalue weighted by Gasteiger charge is 2.36. The first-order chi connectivity index (χ1) is 8.17. The van der Waals surface area contributed by atoms with E-state index in [-0.39, 0.29) is 5.91 Å². The summed E-state index contributed by atoms with van der Waals surface area (Å²) in [5, 5.41) is 3.26. The van der Waals surface area contributed by atoms with Crippen molar-refractivity contribution in [2.24, 2.45) is 5.73 Å². The SMILES string of the molecule is CCNC(CCSC)(C(N)=O)c1ccccc1. The lowest BCUT2D eigenvalue weighted by Gasteiger charge is -2.32. The zero-order valence-corrected chi connectivity index (χ0v) is 11.2. The van der Waals surface area contributed by atoms with Gasteiger partial charge in [-0.2, -0.15) is 11.8 Å². The molecule has 0 bridgehead atoms. The first-order valence-corrected chi connectivity index (χ1v) is 7.16. The van der Waals surface area contributed by atoms with Crippen molar-refractivity contribution in [2.45, 2.75) is 18.9 Å². The maximum Gasteiger partial charge on any atom is 0.242 e. The molecular weight excluding hydrogens is 232 g/mol. The first-order valence-electron chi connectivity index (χ1n) is 5.76. The van der Waals surface area contributed by atoms with E-state index in [1.54, 1.807) is 11.8 Å². The summed E-state index contributed by atoms with van der Waals surface area (Å²) in [6, 6.07) is 9.71. The highest BCUT2D eigenvalue weighted by atomic mass is 32.2. The van der Waals surface area contributed by atoms with Gasteiger partial charge in [0.1, 0.15) is 5.54 Å². The molecule has 94 valence electrons. The number of carbonyl (C=O) groups excluding carboxylic acids is 1. The van der Waals surface area contributed by atoms with E-state index in [1.165, 1.54) is 0 Å². The van der Waals surface area contributed by atoms with Gasteiger partial charge in [0.2, 0.25) is 5.91 Å². The summed E-state index contributed by atoms with van der Waals surface area (Å²) < 4.78 is 0. The molecule has 1 rings (SSSR count). The van der Waals surface area contributed by atoms with Gasteiger partial charge >= 0.3 is 0 Å². The monoisotopic (exact) mass is 252 g/mol. The molecule has 3 N–H and O–H groups in total. The number of nitrogens with two attached hydrogens (primary N) is 1. The lowest BCUT2D eigenvalue weighted by atomic mass is 9.86. The van der Waals surface area contributed by atoms with Crippen LogP contribution in [0.15, 0.2) is 30.3 Å². The molecule has 1 aromatic rings. The molecule has 3 nitrogen and oxygen atoms in total. The Bertz CT molecular complexity index is 356. The fraction of sp³-hybridized carbons (Fsp3) is 0.462. The highest BCUT2D eigenvalue weighted by Crippen LogP contribution is 2.26. The van der Waals surface area contributed by atoms with Crippen LogP contribution in [0.3, 0.4) is 0 Å². The van der Waals surface area contributed by atoms with Crippen LogP contribution in [0.1, 0.15) is 18.9 Å². The Hall–Kier alpha value is -1.00. The summed E-state index contributed by atoms with van der Waals surface area (Å²) >= 11 is 1.72. The zero-order chi connectivity index (χ0) is 12.7. The topological polar surface area (TPSA) is 55.1 Å². The van der Waals surface area contributed by atoms with Gasteiger partial charge in [0.05, 0.1) is 0 Å². The molecule has 0 spiro atoms. The Morgan fingerprint density at radius 3 is 2.53 bits per heavy atom. The van der Waals surface area contributed by atoms with Crippen LogP contribution in [0, 0.1) is 0 Å². The molecule has 0 aliphatic heterocycles. The van der Waals surface area contributed by atoms with Crippen LogP contribution in [0.25, 0.3) is 0 Å². The van der Waals surface area contributed by atoms with Crippen molar-refractivity contribution in [1.29, 1.82) is 0 Å². The maximum atomic E-state index is 11.9. The van der Waals surface area contributed by atoms with Crippen molar-refractivity contribution in [2.75, 3.05) is 18.6 Å². The predicted octanol–water partition coefficient (Wildman–Crippen LogP) is 1.73. The maximum absolute atomic E-state index is 11.9. The minimum atomic E-state index is -0.737. The fourth-order valence-electron chi connectivity index (χ4n) is 1.97. The van der Waals surface area contributed by atoms with E-state index in [1.807, 2.05) is 43.5 Å². The van der Waals surface area contributed by atoms with Gasteiger partial charge in [0.15, 0.2) is 0 Å². The van der Waals surface area contributed by atoms with Gasteiger partial charge in [-0.05, 0) is 30.5 Å². The van der Waals surface area contributed by atoms with Gasteiger partial charge in [0, 0.05) is 0 Å². The van der Waals surface area contributed by atoms with Crippen molar-refractivity contribution in [3.8, 4) is 0 Å². The second-order valence-corrected chi connectivity index (χ2v) is 4.89. The Morgan fingerprint density at radius 2 is 2.06 bits per heavy atom. The van der Waals surface area contributed by atoms with Crippen LogP contribution in [0.4, 0.5) is 0 Å². The lowest BCUT2D eigenvalue weighted by Crippen LogP contribution is -2.53. The lowest BCUT2D eigenvalue weighted by molar-refractivity contribution is -0.124. The fourth-order valence-corrected chi connectivity index (χ4v) is 2.48. The number of likely N-dealkylation sites (N-methyl/N-ethyl adjacent to an activating group) is 1. The largest absolute Gasteiger partial charge is 0.368 e. The molecule has 0 aliphatic rings. The molecule has 1 atom stereocenters. The second kappa shape index (κ2) is 6.67. The zero-order valence-electron chi connectivity index (χ0n) is 10.4. The van der Waals surface area contributed by atoms with Gasteiger partial charge in [-0.1, -0.05) is 37.3 Å². The summed E-state index contributed by atoms with van der Waals surface area (Å²) in [4.78, 5) is 11.9. The van der Waals surface area contributed by atoms with Gasteiger partial charge in [0.25, 0.3) is 0 Å². The molecule has 0 radical (unpaired) electrons. The predicted molar refractivity (Wildman–Crippen MR) is 74.0 cm³/mol. The van der Waals surface area contributed by atoms with Crippen molar-refractivity contribution in [3.05, 3.63) is 35.9 Å². The molecule has 1 amide bonds. The van der Waals surface area contributed by atoms with Crippen LogP contribution in [-0.4, -0.2) is 24.5 Å². The molecule has 17 heavy (non-hydrogen) atoms. The van der Waals surface area contributed by atoms with Crippen LogP contribution in [0.2, 0.25) is 0 Å². The molecule has 0 aromatic heterocycles. The van der Waals surface area contributed by atoms with Crippen LogP contribution in [-0.2, 0) is 10.3 Å². The van der Waals surface area contributed by atoms with Crippen molar-refractivity contribution < 1.29 is 4.79 Å². The van der Waals surface area contributed by atoms with Crippen LogP contribution >= 0.6 is 11.8 Å². The smallest absolute Gasteiger partial charge is 0.242 e. The number of benzene rings is 1. The van der Waals surface area contributed by atoms with Gasteiger partial charge in [-0.25, -0.2) is 0 Å². The Morgan fingerprint density at radius 1 is 1.41 bits per heavy atom. The number of rotatable bonds is 7. The summed E-state index contributed by atoms with van der Waals surface area (Å²) in [6.45, 7) is 2.70. The van der Waals surface area contributed by atoms with E-state index in [2.05, 4.69) is 5.32 Å². The van der Waals surface area contributed by atoms with Crippen LogP contribution < -0.4 is 11.1 Å². The molecule has 0 heterocycles. The third kappa shape index (κ3) is 3.23. The van der Waals surface area contributed by atoms with Gasteiger partial charge < -0.3 is 5.73 Å². The van der Waals surface area contributed by atoms with E-state index in [0.717, 1.165) is 11.3 Å². The molecule has 0 saturated heterocycles. The molecule has 1 aromatic carbocycles. The van der Waals surface area contributed by atoms with Gasteiger partial charge in [-0.15, -0.1) is 0 Å². The molecule has 0 saturated carbocycles. The number of carbonyl (C=O) groups is 1. The molecular formula is C13H20N2OS. The average Bonchev–Trinajstić information content (AvgIpc) is 2.35. The molecule has 0 aliphatic carbocycles. The summed E-state index contributed by atoms with van der Waals surface area (Å²) in [6.07, 6.45) is 2.74. The number of amides is 1. The van der Waals surface area contributed by atoms with Crippen LogP contribution in [0.5, 0.6) is 0 Å². The standard InChI is InChI=1S/C13H20N2OS/c1-3-15-13(12(14)16,9-10-17-2)11-7-5-4-6-8-11/h4-8,15H,3,9-10H2,1-2H3,(H2,14,16). The van der Waals surface area contributed by atoms with E-state index in [9.17, 15) is 4.79 Å². The normalized spacial score (nSPS) is 14.2. The second-order valence-electron chi connectivity index (χ2n) is 3.91. The van der Waals surface area contributed by atoms with Gasteiger partial charge in [-0.3, -0.25) is 10.1 Å². The number of thioether (sulfide) groups is 1. The van der Waals surface area contributed by atoms with E-state index in [4.69, 9.17) is 5.73 Å². The minimum absolute atomic E-state index is 0.306. The average molecular weight is 252 g/mol. The number of nitrogens with one attached hydrogen (secondary N) is 1. The van der Waals surface area contributed by atoms with E-state index < -0.39 is 5.54 Å². The number of hydrogen-bond donors (Lipinski definition) is 2. The Labute approximate surface area is 107 Å². The third-order valence-electron chi connectivity index (χ3n) is 2.85. The molecule has 0 fully saturated rings. The highest BCUT2D eigenvalue weighted by molar-refractivity contribution is 7.98. The van der Waals surface area contributed by atoms with Crippen molar-refractivity contribution in [3.63, 3.8) is 0 Å². The molecule has 4 heteroatoms. The summed E-state index contributed by atoms with van der Waals surface area (Å²) in [5.41, 5.74) is 5.83. The van der Waals surface area contributed by atoms with E-state index >= 15 is 0 Å². The van der Waals surface area contributed by atoms with Crippen molar-refractivity contribution >= 4 is 17.7 Å². The summed E-state index contributed by atoms with van der Waals surface area (Å²) in [7, 11) is 0.